The predicted octanol–water partition coefficient (Wildman–Crippen LogP) is 2.75. The van der Waals surface area contributed by atoms with Crippen molar-refractivity contribution < 1.29 is 13.2 Å². The van der Waals surface area contributed by atoms with Crippen LogP contribution in [-0.2, 0) is 29.1 Å². The molecule has 25 heavy (non-hydrogen) atoms. The van der Waals surface area contributed by atoms with E-state index in [1.807, 2.05) is 23.7 Å². The van der Waals surface area contributed by atoms with Crippen molar-refractivity contribution in [2.75, 3.05) is 18.6 Å². The van der Waals surface area contributed by atoms with Gasteiger partial charge in [-0.05, 0) is 30.5 Å². The zero-order valence-corrected chi connectivity index (χ0v) is 16.5. The van der Waals surface area contributed by atoms with Crippen molar-refractivity contribution in [2.45, 2.75) is 23.8 Å². The SMILES string of the molecule is COc1ccc(Cl)cc1CSc1nnc(CC2CCS(=O)(=O)C2)n1C. The Kier molecular flexibility index (Phi) is 5.60. The van der Waals surface area contributed by atoms with Gasteiger partial charge in [0, 0.05) is 29.8 Å². The van der Waals surface area contributed by atoms with Crippen molar-refractivity contribution in [3.05, 3.63) is 34.6 Å². The van der Waals surface area contributed by atoms with Crippen LogP contribution >= 0.6 is 23.4 Å². The standard InChI is InChI=1S/C16H20ClN3O3S2/c1-20-15(7-11-5-6-25(21,22)10-11)18-19-16(20)24-9-12-8-13(17)3-4-14(12)23-2/h3-4,8,11H,5-7,9-10H2,1-2H3. The molecule has 136 valence electrons. The number of nitrogens with zero attached hydrogens (tertiary/aromatic N) is 3. The minimum absolute atomic E-state index is 0.138. The molecule has 1 unspecified atom stereocenters. The first-order chi connectivity index (χ1) is 11.9. The van der Waals surface area contributed by atoms with Gasteiger partial charge in [0.05, 0.1) is 18.6 Å². The third-order valence-corrected chi connectivity index (χ3v) is 7.46. The van der Waals surface area contributed by atoms with E-state index < -0.39 is 9.84 Å². The number of ether oxygens (including phenoxy) is 1. The molecule has 1 aliphatic heterocycles. The molecule has 2 heterocycles. The zero-order chi connectivity index (χ0) is 18.0. The summed E-state index contributed by atoms with van der Waals surface area (Å²) in [6.07, 6.45) is 1.35. The fourth-order valence-electron chi connectivity index (χ4n) is 2.94. The third-order valence-electron chi connectivity index (χ3n) is 4.32. The van der Waals surface area contributed by atoms with Gasteiger partial charge < -0.3 is 9.30 Å². The van der Waals surface area contributed by atoms with Gasteiger partial charge in [0.15, 0.2) is 15.0 Å². The smallest absolute Gasteiger partial charge is 0.191 e. The molecule has 0 N–H and O–H groups in total. The maximum absolute atomic E-state index is 11.6. The molecule has 1 atom stereocenters. The Hall–Kier alpha value is -1.25. The monoisotopic (exact) mass is 401 g/mol. The van der Waals surface area contributed by atoms with Crippen molar-refractivity contribution >= 4 is 33.2 Å². The van der Waals surface area contributed by atoms with Gasteiger partial charge in [-0.15, -0.1) is 10.2 Å². The lowest BCUT2D eigenvalue weighted by atomic mass is 10.1. The Labute approximate surface area is 156 Å². The maximum Gasteiger partial charge on any atom is 0.191 e. The first-order valence-corrected chi connectivity index (χ1v) is 11.1. The molecule has 0 aliphatic carbocycles. The zero-order valence-electron chi connectivity index (χ0n) is 14.1. The van der Waals surface area contributed by atoms with Crippen LogP contribution in [0.5, 0.6) is 5.75 Å². The van der Waals surface area contributed by atoms with Gasteiger partial charge in [0.1, 0.15) is 11.6 Å². The predicted molar refractivity (Wildman–Crippen MR) is 99.0 cm³/mol. The quantitative estimate of drug-likeness (QED) is 0.693. The summed E-state index contributed by atoms with van der Waals surface area (Å²) in [7, 11) is 0.677. The lowest BCUT2D eigenvalue weighted by Crippen LogP contribution is -2.11. The van der Waals surface area contributed by atoms with E-state index in [0.717, 1.165) is 22.3 Å². The Bertz CT molecular complexity index is 868. The first kappa shape index (κ1) is 18.5. The third kappa shape index (κ3) is 4.48. The molecular formula is C16H20ClN3O3S2. The molecule has 1 aliphatic rings. The number of thioether (sulfide) groups is 1. The van der Waals surface area contributed by atoms with E-state index in [4.69, 9.17) is 16.3 Å². The number of sulfone groups is 1. The van der Waals surface area contributed by atoms with Crippen LogP contribution in [0.2, 0.25) is 5.02 Å². The van der Waals surface area contributed by atoms with E-state index in [2.05, 4.69) is 10.2 Å². The van der Waals surface area contributed by atoms with Crippen LogP contribution in [0.15, 0.2) is 23.4 Å². The average molecular weight is 402 g/mol. The van der Waals surface area contributed by atoms with Crippen molar-refractivity contribution in [2.24, 2.45) is 13.0 Å². The highest BCUT2D eigenvalue weighted by Crippen LogP contribution is 2.30. The van der Waals surface area contributed by atoms with Crippen LogP contribution in [0.1, 0.15) is 17.8 Å². The van der Waals surface area contributed by atoms with Crippen molar-refractivity contribution in [1.29, 1.82) is 0 Å². The molecular weight excluding hydrogens is 382 g/mol. The fraction of sp³-hybridized carbons (Fsp3) is 0.500. The molecule has 9 heteroatoms. The summed E-state index contributed by atoms with van der Waals surface area (Å²) in [5, 5.41) is 9.93. The molecule has 0 bridgehead atoms. The highest BCUT2D eigenvalue weighted by molar-refractivity contribution is 7.98. The molecule has 0 spiro atoms. The van der Waals surface area contributed by atoms with Gasteiger partial charge in [-0.2, -0.15) is 0 Å². The van der Waals surface area contributed by atoms with Crippen molar-refractivity contribution in [3.8, 4) is 5.75 Å². The van der Waals surface area contributed by atoms with E-state index in [1.165, 1.54) is 0 Å². The second kappa shape index (κ2) is 7.55. The molecule has 0 radical (unpaired) electrons. The van der Waals surface area contributed by atoms with Crippen LogP contribution in [0.25, 0.3) is 0 Å². The summed E-state index contributed by atoms with van der Waals surface area (Å²) in [5.74, 6) is 2.94. The van der Waals surface area contributed by atoms with Crippen molar-refractivity contribution in [3.63, 3.8) is 0 Å². The number of rotatable bonds is 6. The molecule has 1 aromatic carbocycles. The molecule has 0 saturated carbocycles. The number of halogens is 1. The molecule has 6 nitrogen and oxygen atoms in total. The second-order valence-electron chi connectivity index (χ2n) is 6.18. The van der Waals surface area contributed by atoms with E-state index in [-0.39, 0.29) is 17.4 Å². The number of benzene rings is 1. The van der Waals surface area contributed by atoms with Gasteiger partial charge in [-0.1, -0.05) is 23.4 Å². The fourth-order valence-corrected chi connectivity index (χ4v) is 5.91. The molecule has 3 rings (SSSR count). The van der Waals surface area contributed by atoms with Crippen LogP contribution in [0.3, 0.4) is 0 Å². The molecule has 2 aromatic rings. The largest absolute Gasteiger partial charge is 0.496 e. The van der Waals surface area contributed by atoms with Crippen LogP contribution in [0.4, 0.5) is 0 Å². The van der Waals surface area contributed by atoms with E-state index in [0.29, 0.717) is 23.6 Å². The van der Waals surface area contributed by atoms with Gasteiger partial charge >= 0.3 is 0 Å². The van der Waals surface area contributed by atoms with Crippen LogP contribution in [-0.4, -0.2) is 41.8 Å². The Balaban J connectivity index is 1.67. The first-order valence-electron chi connectivity index (χ1n) is 7.92. The van der Waals surface area contributed by atoms with Gasteiger partial charge in [0.25, 0.3) is 0 Å². The maximum atomic E-state index is 11.6. The summed E-state index contributed by atoms with van der Waals surface area (Å²) >= 11 is 7.61. The van der Waals surface area contributed by atoms with Gasteiger partial charge in [-0.25, -0.2) is 8.42 Å². The van der Waals surface area contributed by atoms with Gasteiger partial charge in [0.2, 0.25) is 0 Å². The normalized spacial score (nSPS) is 19.2. The molecule has 1 fully saturated rings. The summed E-state index contributed by atoms with van der Waals surface area (Å²) in [5.41, 5.74) is 0.992. The molecule has 1 aromatic heterocycles. The van der Waals surface area contributed by atoms with E-state index in [9.17, 15) is 8.42 Å². The Morgan fingerprint density at radius 1 is 1.40 bits per heavy atom. The minimum atomic E-state index is -2.87. The lowest BCUT2D eigenvalue weighted by Gasteiger charge is -2.09. The number of hydrogen-bond donors (Lipinski definition) is 0. The average Bonchev–Trinajstić information content (AvgIpc) is 3.08. The Morgan fingerprint density at radius 2 is 2.20 bits per heavy atom. The number of aromatic nitrogens is 3. The Morgan fingerprint density at radius 3 is 2.88 bits per heavy atom. The number of methoxy groups -OCH3 is 1. The summed E-state index contributed by atoms with van der Waals surface area (Å²) in [4.78, 5) is 0. The summed E-state index contributed by atoms with van der Waals surface area (Å²) in [6.45, 7) is 0. The molecule has 1 saturated heterocycles. The molecule has 0 amide bonds. The topological polar surface area (TPSA) is 74.1 Å². The van der Waals surface area contributed by atoms with Gasteiger partial charge in [-0.3, -0.25) is 0 Å². The highest BCUT2D eigenvalue weighted by Gasteiger charge is 2.29. The second-order valence-corrected chi connectivity index (χ2v) is 9.78. The van der Waals surface area contributed by atoms with E-state index in [1.54, 1.807) is 24.9 Å². The number of hydrogen-bond acceptors (Lipinski definition) is 6. The lowest BCUT2D eigenvalue weighted by molar-refractivity contribution is 0.411. The van der Waals surface area contributed by atoms with Crippen molar-refractivity contribution in [1.82, 2.24) is 14.8 Å². The summed E-state index contributed by atoms with van der Waals surface area (Å²) < 4.78 is 30.5. The highest BCUT2D eigenvalue weighted by atomic mass is 35.5. The minimum Gasteiger partial charge on any atom is -0.496 e. The van der Waals surface area contributed by atoms with E-state index >= 15 is 0 Å². The summed E-state index contributed by atoms with van der Waals surface area (Å²) in [6, 6.07) is 5.53. The van der Waals surface area contributed by atoms with Crippen LogP contribution < -0.4 is 4.74 Å². The van der Waals surface area contributed by atoms with Crippen LogP contribution in [0, 0.1) is 5.92 Å².